The predicted molar refractivity (Wildman–Crippen MR) is 85.3 cm³/mol. The Morgan fingerprint density at radius 2 is 2.05 bits per heavy atom. The van der Waals surface area contributed by atoms with Crippen molar-refractivity contribution >= 4 is 17.5 Å². The molecular formula is C16H24ClN3O. The van der Waals surface area contributed by atoms with E-state index in [2.05, 4.69) is 36.2 Å². The second kappa shape index (κ2) is 7.23. The van der Waals surface area contributed by atoms with Gasteiger partial charge in [-0.3, -0.25) is 10.2 Å². The number of carbonyl (C=O) groups is 1. The predicted octanol–water partition coefficient (Wildman–Crippen LogP) is 3.60. The van der Waals surface area contributed by atoms with Gasteiger partial charge in [0.2, 0.25) is 0 Å². The Bertz CT molecular complexity index is 496. The molecule has 0 bridgehead atoms. The number of hydrazine groups is 1. The summed E-state index contributed by atoms with van der Waals surface area (Å²) in [5, 5.41) is 2.45. The minimum absolute atomic E-state index is 0.0998. The first-order valence-electron chi connectivity index (χ1n) is 7.77. The highest BCUT2D eigenvalue weighted by molar-refractivity contribution is 6.29. The molecule has 0 aliphatic carbocycles. The fourth-order valence-corrected chi connectivity index (χ4v) is 3.12. The van der Waals surface area contributed by atoms with Crippen molar-refractivity contribution in [3.05, 3.63) is 28.5 Å². The lowest BCUT2D eigenvalue weighted by atomic mass is 10.00. The molecule has 1 N–H and O–H groups in total. The summed E-state index contributed by atoms with van der Waals surface area (Å²) in [6.45, 7) is 6.38. The number of piperidine rings is 1. The molecule has 1 aromatic rings. The summed E-state index contributed by atoms with van der Waals surface area (Å²) < 4.78 is 0. The molecule has 4 nitrogen and oxygen atoms in total. The van der Waals surface area contributed by atoms with Crippen LogP contribution in [-0.4, -0.2) is 28.0 Å². The van der Waals surface area contributed by atoms with Gasteiger partial charge in [0.15, 0.2) is 0 Å². The maximum atomic E-state index is 12.5. The van der Waals surface area contributed by atoms with Crippen LogP contribution in [0.15, 0.2) is 12.1 Å². The van der Waals surface area contributed by atoms with Crippen LogP contribution in [0.5, 0.6) is 0 Å². The summed E-state index contributed by atoms with van der Waals surface area (Å²) in [7, 11) is 0. The number of nitrogens with zero attached hydrogens (tertiary/aromatic N) is 2. The molecule has 1 saturated heterocycles. The van der Waals surface area contributed by atoms with E-state index in [1.807, 2.05) is 6.07 Å². The highest BCUT2D eigenvalue weighted by atomic mass is 35.5. The summed E-state index contributed by atoms with van der Waals surface area (Å²) in [5.74, 6) is -0.0998. The monoisotopic (exact) mass is 309 g/mol. The summed E-state index contributed by atoms with van der Waals surface area (Å²) in [6, 6.07) is 4.20. The highest BCUT2D eigenvalue weighted by Crippen LogP contribution is 2.21. The van der Waals surface area contributed by atoms with E-state index in [0.29, 0.717) is 22.8 Å². The van der Waals surface area contributed by atoms with Gasteiger partial charge in [-0.15, -0.1) is 0 Å². The van der Waals surface area contributed by atoms with Crippen LogP contribution in [0.25, 0.3) is 0 Å². The van der Waals surface area contributed by atoms with Crippen molar-refractivity contribution in [3.8, 4) is 0 Å². The Morgan fingerprint density at radius 3 is 2.67 bits per heavy atom. The van der Waals surface area contributed by atoms with Gasteiger partial charge in [-0.05, 0) is 45.2 Å². The lowest BCUT2D eigenvalue weighted by Crippen LogP contribution is -2.54. The van der Waals surface area contributed by atoms with Gasteiger partial charge in [0.05, 0.1) is 0 Å². The van der Waals surface area contributed by atoms with Crippen molar-refractivity contribution in [1.29, 1.82) is 0 Å². The Morgan fingerprint density at radius 1 is 1.38 bits per heavy atom. The Hall–Kier alpha value is -1.13. The maximum absolute atomic E-state index is 12.5. The van der Waals surface area contributed by atoms with Crippen LogP contribution in [-0.2, 0) is 6.42 Å². The third kappa shape index (κ3) is 4.17. The summed E-state index contributed by atoms with van der Waals surface area (Å²) in [4.78, 5) is 16.7. The average molecular weight is 310 g/mol. The number of nitrogens with one attached hydrogen (secondary N) is 1. The molecule has 0 spiro atoms. The zero-order chi connectivity index (χ0) is 15.4. The van der Waals surface area contributed by atoms with Crippen molar-refractivity contribution in [2.75, 3.05) is 0 Å². The smallest absolute Gasteiger partial charge is 0.265 e. The molecule has 0 saturated carbocycles. The van der Waals surface area contributed by atoms with E-state index in [9.17, 15) is 4.79 Å². The zero-order valence-electron chi connectivity index (χ0n) is 13.0. The van der Waals surface area contributed by atoms with Gasteiger partial charge in [0.25, 0.3) is 5.91 Å². The van der Waals surface area contributed by atoms with Gasteiger partial charge >= 0.3 is 0 Å². The average Bonchev–Trinajstić information content (AvgIpc) is 2.42. The molecule has 1 fully saturated rings. The molecule has 21 heavy (non-hydrogen) atoms. The van der Waals surface area contributed by atoms with Crippen LogP contribution in [0.3, 0.4) is 0 Å². The van der Waals surface area contributed by atoms with Gasteiger partial charge in [-0.2, -0.15) is 0 Å². The number of rotatable bonds is 4. The van der Waals surface area contributed by atoms with Crippen LogP contribution in [0.4, 0.5) is 0 Å². The number of aromatic nitrogens is 1. The molecule has 2 atom stereocenters. The molecule has 116 valence electrons. The summed E-state index contributed by atoms with van der Waals surface area (Å²) in [5.41, 5.74) is 4.50. The van der Waals surface area contributed by atoms with Crippen LogP contribution in [0.2, 0.25) is 5.15 Å². The number of hydrogen-bond donors (Lipinski definition) is 1. The molecule has 0 aromatic carbocycles. The van der Waals surface area contributed by atoms with E-state index < -0.39 is 0 Å². The van der Waals surface area contributed by atoms with Gasteiger partial charge < -0.3 is 0 Å². The topological polar surface area (TPSA) is 45.2 Å². The van der Waals surface area contributed by atoms with Gasteiger partial charge in [-0.1, -0.05) is 31.4 Å². The Balaban J connectivity index is 2.12. The van der Waals surface area contributed by atoms with Crippen molar-refractivity contribution in [3.63, 3.8) is 0 Å². The van der Waals surface area contributed by atoms with Crippen LogP contribution in [0.1, 0.15) is 62.5 Å². The van der Waals surface area contributed by atoms with E-state index in [0.717, 1.165) is 31.4 Å². The SMILES string of the molecule is CCCc1cc(C(=O)NN2C(C)CCCC2C)cc(Cl)n1. The number of amides is 1. The van der Waals surface area contributed by atoms with Crippen molar-refractivity contribution in [2.24, 2.45) is 0 Å². The molecule has 2 rings (SSSR count). The molecule has 1 aliphatic heterocycles. The molecule has 1 aliphatic rings. The largest absolute Gasteiger partial charge is 0.284 e. The minimum Gasteiger partial charge on any atom is -0.284 e. The molecule has 0 radical (unpaired) electrons. The number of halogens is 1. The van der Waals surface area contributed by atoms with Crippen molar-refractivity contribution < 1.29 is 4.79 Å². The lowest BCUT2D eigenvalue weighted by Gasteiger charge is -2.38. The summed E-state index contributed by atoms with van der Waals surface area (Å²) >= 11 is 6.03. The van der Waals surface area contributed by atoms with Gasteiger partial charge in [-0.25, -0.2) is 9.99 Å². The van der Waals surface area contributed by atoms with E-state index in [1.54, 1.807) is 6.07 Å². The fourth-order valence-electron chi connectivity index (χ4n) is 2.89. The minimum atomic E-state index is -0.0998. The second-order valence-corrected chi connectivity index (χ2v) is 6.28. The molecule has 5 heteroatoms. The quantitative estimate of drug-likeness (QED) is 0.864. The first-order chi connectivity index (χ1) is 10.0. The number of aryl methyl sites for hydroxylation is 1. The normalized spacial score (nSPS) is 23.0. The fraction of sp³-hybridized carbons (Fsp3) is 0.625. The van der Waals surface area contributed by atoms with E-state index >= 15 is 0 Å². The van der Waals surface area contributed by atoms with Crippen molar-refractivity contribution in [1.82, 2.24) is 15.4 Å². The standard InChI is InChI=1S/C16H24ClN3O/c1-4-6-14-9-13(10-15(17)18-14)16(21)19-20-11(2)7-5-8-12(20)3/h9-12H,4-8H2,1-3H3,(H,19,21). The third-order valence-corrected chi connectivity index (χ3v) is 4.23. The first kappa shape index (κ1) is 16.2. The van der Waals surface area contributed by atoms with Gasteiger partial charge in [0.1, 0.15) is 5.15 Å². The first-order valence-corrected chi connectivity index (χ1v) is 8.14. The van der Waals surface area contributed by atoms with Crippen molar-refractivity contribution in [2.45, 2.75) is 65.0 Å². The summed E-state index contributed by atoms with van der Waals surface area (Å²) in [6.07, 6.45) is 5.26. The molecule has 1 aromatic heterocycles. The molecule has 2 heterocycles. The number of carbonyl (C=O) groups excluding carboxylic acids is 1. The van der Waals surface area contributed by atoms with E-state index in [-0.39, 0.29) is 5.91 Å². The molecule has 2 unspecified atom stereocenters. The Kier molecular flexibility index (Phi) is 5.59. The lowest BCUT2D eigenvalue weighted by molar-refractivity contribution is 0.0369. The van der Waals surface area contributed by atoms with E-state index in [1.165, 1.54) is 6.42 Å². The third-order valence-electron chi connectivity index (χ3n) is 4.04. The van der Waals surface area contributed by atoms with Crippen LogP contribution in [0, 0.1) is 0 Å². The van der Waals surface area contributed by atoms with Gasteiger partial charge in [0, 0.05) is 23.3 Å². The highest BCUT2D eigenvalue weighted by Gasteiger charge is 2.26. The molecule has 1 amide bonds. The van der Waals surface area contributed by atoms with Crippen LogP contribution >= 0.6 is 11.6 Å². The number of hydrogen-bond acceptors (Lipinski definition) is 3. The van der Waals surface area contributed by atoms with E-state index in [4.69, 9.17) is 11.6 Å². The number of pyridine rings is 1. The second-order valence-electron chi connectivity index (χ2n) is 5.90. The Labute approximate surface area is 131 Å². The van der Waals surface area contributed by atoms with Crippen LogP contribution < -0.4 is 5.43 Å². The zero-order valence-corrected chi connectivity index (χ0v) is 13.8. The maximum Gasteiger partial charge on any atom is 0.265 e. The molecular weight excluding hydrogens is 286 g/mol.